The Kier molecular flexibility index (Phi) is 3.15. The zero-order valence-corrected chi connectivity index (χ0v) is 13.6. The molecule has 4 heterocycles. The molecule has 3 aliphatic heterocycles. The van der Waals surface area contributed by atoms with Crippen molar-refractivity contribution in [1.29, 1.82) is 0 Å². The number of oxazole rings is 1. The van der Waals surface area contributed by atoms with E-state index in [0.717, 1.165) is 49.7 Å². The van der Waals surface area contributed by atoms with Crippen LogP contribution in [0.2, 0.25) is 0 Å². The summed E-state index contributed by atoms with van der Waals surface area (Å²) in [6.45, 7) is 0.836. The molecule has 1 amide bonds. The lowest BCUT2D eigenvalue weighted by Gasteiger charge is -2.35. The highest BCUT2D eigenvalue weighted by molar-refractivity contribution is 5.87. The van der Waals surface area contributed by atoms with Crippen molar-refractivity contribution < 1.29 is 9.21 Å². The number of rotatable bonds is 2. The molecule has 24 heavy (non-hydrogen) atoms. The standard InChI is InChI=1S/C19H21N3O2/c23-18(22-13-5-3-6-14(22)11-10-13)16-8-4-12-21(16)19-20-15-7-1-2-9-17(15)24-19/h1-3,5,7,9,13-14,16H,4,6,8,10-12H2. The normalized spacial score (nSPS) is 28.9. The Hall–Kier alpha value is -2.30. The van der Waals surface area contributed by atoms with Gasteiger partial charge in [-0.05, 0) is 44.2 Å². The van der Waals surface area contributed by atoms with Crippen LogP contribution in [-0.2, 0) is 4.79 Å². The van der Waals surface area contributed by atoms with E-state index in [9.17, 15) is 4.79 Å². The number of aromatic nitrogens is 1. The Morgan fingerprint density at radius 3 is 3.00 bits per heavy atom. The van der Waals surface area contributed by atoms with Crippen LogP contribution in [0.4, 0.5) is 6.01 Å². The first-order valence-corrected chi connectivity index (χ1v) is 8.92. The van der Waals surface area contributed by atoms with E-state index in [4.69, 9.17) is 4.42 Å². The first kappa shape index (κ1) is 14.1. The van der Waals surface area contributed by atoms with E-state index in [1.807, 2.05) is 24.3 Å². The number of fused-ring (bicyclic) bond motifs is 3. The lowest BCUT2D eigenvalue weighted by Crippen LogP contribution is -2.51. The molecule has 0 N–H and O–H groups in total. The van der Waals surface area contributed by atoms with E-state index in [1.165, 1.54) is 0 Å². The lowest BCUT2D eigenvalue weighted by molar-refractivity contribution is -0.134. The number of nitrogens with zero attached hydrogens (tertiary/aromatic N) is 3. The van der Waals surface area contributed by atoms with Gasteiger partial charge in [0.05, 0.1) is 6.04 Å². The summed E-state index contributed by atoms with van der Waals surface area (Å²) in [4.78, 5) is 22.0. The minimum absolute atomic E-state index is 0.132. The van der Waals surface area contributed by atoms with E-state index in [1.54, 1.807) is 0 Å². The molecule has 2 aromatic rings. The molecule has 0 aliphatic carbocycles. The van der Waals surface area contributed by atoms with Crippen molar-refractivity contribution >= 4 is 23.0 Å². The van der Waals surface area contributed by atoms with Gasteiger partial charge in [0.15, 0.2) is 5.58 Å². The first-order valence-electron chi connectivity index (χ1n) is 8.92. The van der Waals surface area contributed by atoms with Gasteiger partial charge in [-0.3, -0.25) is 4.79 Å². The van der Waals surface area contributed by atoms with Crippen LogP contribution in [0.1, 0.15) is 32.1 Å². The highest BCUT2D eigenvalue weighted by Gasteiger charge is 2.43. The number of amides is 1. The number of benzene rings is 1. The van der Waals surface area contributed by atoms with Crippen LogP contribution in [0.25, 0.3) is 11.1 Å². The number of para-hydroxylation sites is 2. The van der Waals surface area contributed by atoms with Crippen molar-refractivity contribution in [3.05, 3.63) is 36.4 Å². The maximum absolute atomic E-state index is 13.2. The first-order chi connectivity index (χ1) is 11.8. The van der Waals surface area contributed by atoms with Gasteiger partial charge in [-0.2, -0.15) is 4.98 Å². The van der Waals surface area contributed by atoms with Crippen molar-refractivity contribution in [2.24, 2.45) is 0 Å². The highest BCUT2D eigenvalue weighted by Crippen LogP contribution is 2.35. The molecule has 5 rings (SSSR count). The summed E-state index contributed by atoms with van der Waals surface area (Å²) in [7, 11) is 0. The molecule has 3 atom stereocenters. The molecule has 2 fully saturated rings. The quantitative estimate of drug-likeness (QED) is 0.797. The molecule has 3 aliphatic rings. The van der Waals surface area contributed by atoms with Gasteiger partial charge in [-0.25, -0.2) is 0 Å². The van der Waals surface area contributed by atoms with Gasteiger partial charge in [0.1, 0.15) is 11.6 Å². The highest BCUT2D eigenvalue weighted by atomic mass is 16.4. The van der Waals surface area contributed by atoms with Gasteiger partial charge in [0.25, 0.3) is 6.01 Å². The number of hydrogen-bond donors (Lipinski definition) is 0. The Morgan fingerprint density at radius 1 is 1.21 bits per heavy atom. The van der Waals surface area contributed by atoms with E-state index >= 15 is 0 Å². The van der Waals surface area contributed by atoms with Crippen LogP contribution in [0.5, 0.6) is 0 Å². The van der Waals surface area contributed by atoms with Gasteiger partial charge in [-0.15, -0.1) is 0 Å². The molecule has 5 heteroatoms. The van der Waals surface area contributed by atoms with Crippen molar-refractivity contribution in [2.75, 3.05) is 11.4 Å². The maximum atomic E-state index is 13.2. The summed E-state index contributed by atoms with van der Waals surface area (Å²) in [5, 5.41) is 0. The Balaban J connectivity index is 1.45. The zero-order valence-electron chi connectivity index (χ0n) is 13.6. The monoisotopic (exact) mass is 323 g/mol. The summed E-state index contributed by atoms with van der Waals surface area (Å²) >= 11 is 0. The van der Waals surface area contributed by atoms with E-state index in [0.29, 0.717) is 18.1 Å². The summed E-state index contributed by atoms with van der Waals surface area (Å²) in [5.41, 5.74) is 1.64. The predicted molar refractivity (Wildman–Crippen MR) is 91.8 cm³/mol. The second-order valence-corrected chi connectivity index (χ2v) is 7.02. The molecule has 0 radical (unpaired) electrons. The Labute approximate surface area is 140 Å². The topological polar surface area (TPSA) is 49.6 Å². The SMILES string of the molecule is O=C(C1CCCN1c1nc2ccccc2o1)N1C2C=CCC1CC2. The number of hydrogen-bond acceptors (Lipinski definition) is 4. The van der Waals surface area contributed by atoms with E-state index in [-0.39, 0.29) is 11.9 Å². The van der Waals surface area contributed by atoms with Gasteiger partial charge >= 0.3 is 0 Å². The van der Waals surface area contributed by atoms with Gasteiger partial charge in [-0.1, -0.05) is 24.3 Å². The van der Waals surface area contributed by atoms with E-state index in [2.05, 4.69) is 26.9 Å². The minimum atomic E-state index is -0.132. The molecule has 2 saturated heterocycles. The Bertz CT molecular complexity index is 779. The van der Waals surface area contributed by atoms with Crippen LogP contribution in [0.3, 0.4) is 0 Å². The fourth-order valence-corrected chi connectivity index (χ4v) is 4.48. The Morgan fingerprint density at radius 2 is 2.12 bits per heavy atom. The number of anilines is 1. The second kappa shape index (κ2) is 5.36. The molecule has 2 bridgehead atoms. The largest absolute Gasteiger partial charge is 0.423 e. The number of carbonyl (C=O) groups excluding carboxylic acids is 1. The van der Waals surface area contributed by atoms with Crippen molar-refractivity contribution in [2.45, 2.75) is 50.2 Å². The third-order valence-corrected chi connectivity index (χ3v) is 5.63. The van der Waals surface area contributed by atoms with Gasteiger partial charge < -0.3 is 14.2 Å². The summed E-state index contributed by atoms with van der Waals surface area (Å²) in [6.07, 6.45) is 9.56. The molecule has 124 valence electrons. The minimum Gasteiger partial charge on any atom is -0.423 e. The average molecular weight is 323 g/mol. The smallest absolute Gasteiger partial charge is 0.299 e. The molecule has 5 nitrogen and oxygen atoms in total. The van der Waals surface area contributed by atoms with Crippen LogP contribution in [0, 0.1) is 0 Å². The van der Waals surface area contributed by atoms with Gasteiger partial charge in [0, 0.05) is 12.6 Å². The van der Waals surface area contributed by atoms with Gasteiger partial charge in [0.2, 0.25) is 5.91 Å². The van der Waals surface area contributed by atoms with Crippen molar-refractivity contribution in [1.82, 2.24) is 9.88 Å². The molecule has 0 saturated carbocycles. The molecular weight excluding hydrogens is 302 g/mol. The molecule has 3 unspecified atom stereocenters. The summed E-state index contributed by atoms with van der Waals surface area (Å²) in [6, 6.07) is 8.92. The molecule has 0 spiro atoms. The van der Waals surface area contributed by atoms with Crippen LogP contribution >= 0.6 is 0 Å². The third kappa shape index (κ3) is 2.07. The predicted octanol–water partition coefficient (Wildman–Crippen LogP) is 3.12. The van der Waals surface area contributed by atoms with Crippen LogP contribution in [0.15, 0.2) is 40.8 Å². The zero-order chi connectivity index (χ0) is 16.1. The average Bonchev–Trinajstić information content (AvgIpc) is 3.29. The number of carbonyl (C=O) groups is 1. The second-order valence-electron chi connectivity index (χ2n) is 7.02. The van der Waals surface area contributed by atoms with Crippen molar-refractivity contribution in [3.8, 4) is 0 Å². The molecule has 1 aromatic heterocycles. The van der Waals surface area contributed by atoms with E-state index < -0.39 is 0 Å². The lowest BCUT2D eigenvalue weighted by atomic mass is 10.1. The van der Waals surface area contributed by atoms with Crippen LogP contribution in [-0.4, -0.2) is 40.5 Å². The fourth-order valence-electron chi connectivity index (χ4n) is 4.48. The summed E-state index contributed by atoms with van der Waals surface area (Å²) < 4.78 is 5.92. The maximum Gasteiger partial charge on any atom is 0.299 e. The molecule has 1 aromatic carbocycles. The van der Waals surface area contributed by atoms with Crippen molar-refractivity contribution in [3.63, 3.8) is 0 Å². The van der Waals surface area contributed by atoms with Crippen LogP contribution < -0.4 is 4.90 Å². The third-order valence-electron chi connectivity index (χ3n) is 5.63. The molecular formula is C19H21N3O2. The fraction of sp³-hybridized carbons (Fsp3) is 0.474. The summed E-state index contributed by atoms with van der Waals surface area (Å²) in [5.74, 6) is 0.256.